The van der Waals surface area contributed by atoms with Crippen molar-refractivity contribution in [1.29, 1.82) is 0 Å². The fourth-order valence-electron chi connectivity index (χ4n) is 3.23. The van der Waals surface area contributed by atoms with Gasteiger partial charge in [0, 0.05) is 23.5 Å². The molecule has 0 saturated heterocycles. The van der Waals surface area contributed by atoms with Crippen molar-refractivity contribution in [3.8, 4) is 22.4 Å². The molecule has 0 spiro atoms. The molecule has 0 aliphatic rings. The molecule has 5 heteroatoms. The van der Waals surface area contributed by atoms with Crippen LogP contribution in [-0.4, -0.2) is 14.4 Å². The summed E-state index contributed by atoms with van der Waals surface area (Å²) in [7, 11) is 0. The van der Waals surface area contributed by atoms with Crippen molar-refractivity contribution >= 4 is 17.9 Å². The predicted octanol–water partition coefficient (Wildman–Crippen LogP) is 5.99. The van der Waals surface area contributed by atoms with E-state index in [2.05, 4.69) is 42.0 Å². The fourth-order valence-corrected chi connectivity index (χ4v) is 3.42. The van der Waals surface area contributed by atoms with Crippen LogP contribution in [0.3, 0.4) is 0 Å². The highest BCUT2D eigenvalue weighted by Gasteiger charge is 2.13. The molecule has 2 heterocycles. The van der Waals surface area contributed by atoms with Crippen LogP contribution >= 0.6 is 12.2 Å². The first kappa shape index (κ1) is 16.7. The first-order valence-electron chi connectivity index (χ1n) is 8.50. The van der Waals surface area contributed by atoms with Crippen LogP contribution in [0.5, 0.6) is 0 Å². The van der Waals surface area contributed by atoms with E-state index in [9.17, 15) is 4.39 Å². The van der Waals surface area contributed by atoms with Crippen molar-refractivity contribution in [3.05, 3.63) is 77.1 Å². The van der Waals surface area contributed by atoms with Gasteiger partial charge >= 0.3 is 0 Å². The first-order chi connectivity index (χ1) is 12.5. The van der Waals surface area contributed by atoms with Crippen LogP contribution in [0.1, 0.15) is 25.3 Å². The zero-order chi connectivity index (χ0) is 18.3. The van der Waals surface area contributed by atoms with E-state index in [1.807, 2.05) is 16.7 Å². The van der Waals surface area contributed by atoms with Crippen molar-refractivity contribution in [3.63, 3.8) is 0 Å². The molecule has 2 aromatic carbocycles. The topological polar surface area (TPSA) is 33.1 Å². The van der Waals surface area contributed by atoms with Gasteiger partial charge in [-0.1, -0.05) is 50.2 Å². The van der Waals surface area contributed by atoms with E-state index >= 15 is 0 Å². The number of rotatable bonds is 3. The van der Waals surface area contributed by atoms with Crippen molar-refractivity contribution < 1.29 is 4.39 Å². The molecule has 26 heavy (non-hydrogen) atoms. The SMILES string of the molecule is CC(C)c1ccccc1-c1cn2c(=S)ncc(-c3ccc(F)cc3)c2[nH]1. The lowest BCUT2D eigenvalue weighted by molar-refractivity contribution is 0.628. The monoisotopic (exact) mass is 363 g/mol. The summed E-state index contributed by atoms with van der Waals surface area (Å²) in [4.78, 5) is 7.83. The molecule has 0 saturated carbocycles. The molecule has 3 nitrogen and oxygen atoms in total. The van der Waals surface area contributed by atoms with Crippen LogP contribution in [0.4, 0.5) is 4.39 Å². The van der Waals surface area contributed by atoms with Crippen LogP contribution in [0.2, 0.25) is 0 Å². The number of fused-ring (bicyclic) bond motifs is 1. The minimum atomic E-state index is -0.261. The summed E-state index contributed by atoms with van der Waals surface area (Å²) in [6, 6.07) is 14.7. The molecule has 4 rings (SSSR count). The molecule has 0 fully saturated rings. The highest BCUT2D eigenvalue weighted by atomic mass is 32.1. The number of aromatic amines is 1. The van der Waals surface area contributed by atoms with Gasteiger partial charge in [0.05, 0.1) is 5.69 Å². The lowest BCUT2D eigenvalue weighted by Crippen LogP contribution is -1.92. The van der Waals surface area contributed by atoms with Gasteiger partial charge < -0.3 is 4.98 Å². The Morgan fingerprint density at radius 3 is 2.50 bits per heavy atom. The predicted molar refractivity (Wildman–Crippen MR) is 105 cm³/mol. The van der Waals surface area contributed by atoms with Crippen LogP contribution in [0.15, 0.2) is 60.9 Å². The summed E-state index contributed by atoms with van der Waals surface area (Å²) in [5, 5.41) is 0. The van der Waals surface area contributed by atoms with Gasteiger partial charge in [-0.25, -0.2) is 9.37 Å². The van der Waals surface area contributed by atoms with Crippen molar-refractivity contribution in [2.24, 2.45) is 0 Å². The number of H-pyrrole nitrogens is 1. The van der Waals surface area contributed by atoms with E-state index in [0.717, 1.165) is 28.0 Å². The Labute approximate surface area is 156 Å². The number of halogens is 1. The quantitative estimate of drug-likeness (QED) is 0.454. The van der Waals surface area contributed by atoms with Gasteiger partial charge in [0.25, 0.3) is 0 Å². The second kappa shape index (κ2) is 6.50. The normalized spacial score (nSPS) is 11.4. The molecule has 130 valence electrons. The minimum absolute atomic E-state index is 0.261. The Morgan fingerprint density at radius 1 is 1.04 bits per heavy atom. The maximum atomic E-state index is 13.3. The Bertz CT molecular complexity index is 1140. The maximum absolute atomic E-state index is 13.3. The molecule has 0 aliphatic heterocycles. The summed E-state index contributed by atoms with van der Waals surface area (Å²) in [6.07, 6.45) is 3.72. The van der Waals surface area contributed by atoms with E-state index in [1.54, 1.807) is 18.3 Å². The van der Waals surface area contributed by atoms with Gasteiger partial charge in [-0.2, -0.15) is 0 Å². The molecular formula is C21H18FN3S. The molecule has 4 aromatic rings. The standard InChI is InChI=1S/C21H18FN3S/c1-13(2)16-5-3-4-6-17(16)19-12-25-20(24-19)18(11-23-21(25)26)14-7-9-15(22)10-8-14/h3-13,24H,1-2H3. The second-order valence-corrected chi connectivity index (χ2v) is 6.95. The van der Waals surface area contributed by atoms with Crippen LogP contribution in [-0.2, 0) is 0 Å². The summed E-state index contributed by atoms with van der Waals surface area (Å²) >= 11 is 5.40. The smallest absolute Gasteiger partial charge is 0.205 e. The Hall–Kier alpha value is -2.79. The maximum Gasteiger partial charge on any atom is 0.205 e. The largest absolute Gasteiger partial charge is 0.339 e. The Balaban J connectivity index is 1.96. The average Bonchev–Trinajstić information content (AvgIpc) is 3.09. The third-order valence-electron chi connectivity index (χ3n) is 4.55. The summed E-state index contributed by atoms with van der Waals surface area (Å²) in [5.41, 5.74) is 6.01. The number of hydrogen-bond acceptors (Lipinski definition) is 2. The van der Waals surface area contributed by atoms with Gasteiger partial charge in [-0.05, 0) is 41.4 Å². The van der Waals surface area contributed by atoms with E-state index in [-0.39, 0.29) is 5.82 Å². The van der Waals surface area contributed by atoms with Crippen LogP contribution in [0.25, 0.3) is 28.0 Å². The van der Waals surface area contributed by atoms with Gasteiger partial charge in [0.2, 0.25) is 4.77 Å². The zero-order valence-electron chi connectivity index (χ0n) is 14.5. The molecule has 2 aromatic heterocycles. The number of nitrogens with zero attached hydrogens (tertiary/aromatic N) is 2. The minimum Gasteiger partial charge on any atom is -0.339 e. The van der Waals surface area contributed by atoms with Gasteiger partial charge in [-0.15, -0.1) is 0 Å². The highest BCUT2D eigenvalue weighted by Crippen LogP contribution is 2.31. The Kier molecular flexibility index (Phi) is 4.17. The van der Waals surface area contributed by atoms with Gasteiger partial charge in [0.1, 0.15) is 11.5 Å². The lowest BCUT2D eigenvalue weighted by atomic mass is 9.96. The molecule has 0 atom stereocenters. The molecular weight excluding hydrogens is 345 g/mol. The molecule has 0 bridgehead atoms. The van der Waals surface area contributed by atoms with Gasteiger partial charge in [-0.3, -0.25) is 4.40 Å². The van der Waals surface area contributed by atoms with Crippen molar-refractivity contribution in [2.45, 2.75) is 19.8 Å². The summed E-state index contributed by atoms with van der Waals surface area (Å²) in [5.74, 6) is 0.142. The number of hydrogen-bond donors (Lipinski definition) is 1. The van der Waals surface area contributed by atoms with Crippen LogP contribution in [0, 0.1) is 10.6 Å². The van der Waals surface area contributed by atoms with E-state index in [4.69, 9.17) is 12.2 Å². The number of aromatic nitrogens is 3. The lowest BCUT2D eigenvalue weighted by Gasteiger charge is -2.10. The third-order valence-corrected chi connectivity index (χ3v) is 4.85. The van der Waals surface area contributed by atoms with E-state index in [1.165, 1.54) is 17.7 Å². The molecule has 0 aliphatic carbocycles. The number of imidazole rings is 1. The highest BCUT2D eigenvalue weighted by molar-refractivity contribution is 7.71. The number of nitrogens with one attached hydrogen (secondary N) is 1. The van der Waals surface area contributed by atoms with Crippen LogP contribution < -0.4 is 0 Å². The van der Waals surface area contributed by atoms with Gasteiger partial charge in [0.15, 0.2) is 0 Å². The molecule has 0 radical (unpaired) electrons. The molecule has 0 unspecified atom stereocenters. The van der Waals surface area contributed by atoms with Crippen molar-refractivity contribution in [2.75, 3.05) is 0 Å². The first-order valence-corrected chi connectivity index (χ1v) is 8.91. The Morgan fingerprint density at radius 2 is 1.77 bits per heavy atom. The average molecular weight is 363 g/mol. The fraction of sp³-hybridized carbons (Fsp3) is 0.143. The molecule has 0 amide bonds. The summed E-state index contributed by atoms with van der Waals surface area (Å²) < 4.78 is 15.6. The van der Waals surface area contributed by atoms with E-state index in [0.29, 0.717) is 10.7 Å². The number of benzene rings is 2. The van der Waals surface area contributed by atoms with Crippen molar-refractivity contribution in [1.82, 2.24) is 14.4 Å². The summed E-state index contributed by atoms with van der Waals surface area (Å²) in [6.45, 7) is 4.36. The third kappa shape index (κ3) is 2.84. The molecule has 1 N–H and O–H groups in total. The van der Waals surface area contributed by atoms with E-state index < -0.39 is 0 Å². The second-order valence-electron chi connectivity index (χ2n) is 6.59. The zero-order valence-corrected chi connectivity index (χ0v) is 15.3.